The molecule has 0 spiro atoms. The second kappa shape index (κ2) is 6.80. The SMILES string of the molecule is CCc1ccc(-n2nc3ccc(N/N=C(\C#N)C(=N)N)cc3n2)cc1. The summed E-state index contributed by atoms with van der Waals surface area (Å²) in [6.07, 6.45) is 0.981. The second-order valence-electron chi connectivity index (χ2n) is 5.31. The van der Waals surface area contributed by atoms with Crippen LogP contribution < -0.4 is 11.2 Å². The summed E-state index contributed by atoms with van der Waals surface area (Å²) in [6, 6.07) is 15.1. The van der Waals surface area contributed by atoms with E-state index in [2.05, 4.69) is 39.8 Å². The molecule has 25 heavy (non-hydrogen) atoms. The van der Waals surface area contributed by atoms with Gasteiger partial charge in [0.25, 0.3) is 0 Å². The van der Waals surface area contributed by atoms with Crippen LogP contribution in [-0.2, 0) is 6.42 Å². The van der Waals surface area contributed by atoms with Crippen molar-refractivity contribution in [3.8, 4) is 11.8 Å². The fourth-order valence-corrected chi connectivity index (χ4v) is 2.23. The van der Waals surface area contributed by atoms with E-state index in [0.29, 0.717) is 11.2 Å². The number of anilines is 1. The molecule has 1 heterocycles. The van der Waals surface area contributed by atoms with E-state index >= 15 is 0 Å². The molecular formula is C17H16N8. The van der Waals surface area contributed by atoms with Crippen molar-refractivity contribution in [2.45, 2.75) is 13.3 Å². The Morgan fingerprint density at radius 3 is 2.60 bits per heavy atom. The minimum Gasteiger partial charge on any atom is -0.382 e. The lowest BCUT2D eigenvalue weighted by Crippen LogP contribution is -2.21. The van der Waals surface area contributed by atoms with Crippen LogP contribution in [0.1, 0.15) is 12.5 Å². The normalized spacial score (nSPS) is 11.3. The summed E-state index contributed by atoms with van der Waals surface area (Å²) < 4.78 is 0. The van der Waals surface area contributed by atoms with Gasteiger partial charge in [0.1, 0.15) is 17.1 Å². The molecule has 1 aromatic heterocycles. The Morgan fingerprint density at radius 1 is 1.24 bits per heavy atom. The van der Waals surface area contributed by atoms with Gasteiger partial charge in [-0.05, 0) is 42.3 Å². The smallest absolute Gasteiger partial charge is 0.201 e. The van der Waals surface area contributed by atoms with Crippen LogP contribution in [-0.4, -0.2) is 26.5 Å². The van der Waals surface area contributed by atoms with Gasteiger partial charge in [0, 0.05) is 0 Å². The van der Waals surface area contributed by atoms with Crippen molar-refractivity contribution in [3.63, 3.8) is 0 Å². The third-order valence-corrected chi connectivity index (χ3v) is 3.61. The summed E-state index contributed by atoms with van der Waals surface area (Å²) in [6.45, 7) is 2.11. The Hall–Kier alpha value is -3.73. The molecule has 0 aliphatic carbocycles. The molecule has 0 amide bonds. The number of benzene rings is 2. The number of rotatable bonds is 5. The zero-order chi connectivity index (χ0) is 17.8. The third kappa shape index (κ3) is 3.45. The van der Waals surface area contributed by atoms with Gasteiger partial charge in [-0.1, -0.05) is 19.1 Å². The first kappa shape index (κ1) is 16.1. The predicted octanol–water partition coefficient (Wildman–Crippen LogP) is 2.21. The molecule has 0 saturated heterocycles. The molecule has 3 rings (SSSR count). The number of nitrogens with one attached hydrogen (secondary N) is 2. The summed E-state index contributed by atoms with van der Waals surface area (Å²) in [5.74, 6) is -0.391. The van der Waals surface area contributed by atoms with E-state index in [4.69, 9.17) is 16.4 Å². The van der Waals surface area contributed by atoms with Gasteiger partial charge >= 0.3 is 0 Å². The number of fused-ring (bicyclic) bond motifs is 1. The summed E-state index contributed by atoms with van der Waals surface area (Å²) in [4.78, 5) is 1.58. The Kier molecular flexibility index (Phi) is 4.39. The number of hydrazone groups is 1. The van der Waals surface area contributed by atoms with Crippen molar-refractivity contribution in [1.29, 1.82) is 10.7 Å². The molecule has 4 N–H and O–H groups in total. The van der Waals surface area contributed by atoms with Gasteiger partial charge in [0.15, 0.2) is 5.84 Å². The predicted molar refractivity (Wildman–Crippen MR) is 96.8 cm³/mol. The fraction of sp³-hybridized carbons (Fsp3) is 0.118. The summed E-state index contributed by atoms with van der Waals surface area (Å²) >= 11 is 0. The monoisotopic (exact) mass is 332 g/mol. The molecule has 0 radical (unpaired) electrons. The van der Waals surface area contributed by atoms with Crippen molar-refractivity contribution in [3.05, 3.63) is 48.0 Å². The maximum Gasteiger partial charge on any atom is 0.201 e. The topological polar surface area (TPSA) is 129 Å². The van der Waals surface area contributed by atoms with Crippen LogP contribution in [0.4, 0.5) is 5.69 Å². The molecular weight excluding hydrogens is 316 g/mol. The van der Waals surface area contributed by atoms with Crippen molar-refractivity contribution in [2.75, 3.05) is 5.43 Å². The largest absolute Gasteiger partial charge is 0.382 e. The molecule has 0 aliphatic heterocycles. The number of nitriles is 1. The highest BCUT2D eigenvalue weighted by atomic mass is 15.5. The molecule has 8 nitrogen and oxygen atoms in total. The van der Waals surface area contributed by atoms with Crippen LogP contribution in [0.25, 0.3) is 16.7 Å². The van der Waals surface area contributed by atoms with Gasteiger partial charge in [-0.3, -0.25) is 10.8 Å². The number of hydrogen-bond acceptors (Lipinski definition) is 6. The Morgan fingerprint density at radius 2 is 1.96 bits per heavy atom. The molecule has 0 bridgehead atoms. The van der Waals surface area contributed by atoms with Crippen molar-refractivity contribution in [2.24, 2.45) is 10.8 Å². The lowest BCUT2D eigenvalue weighted by atomic mass is 10.2. The first-order chi connectivity index (χ1) is 12.1. The molecule has 2 aromatic carbocycles. The quantitative estimate of drug-likeness (QED) is 0.375. The first-order valence-corrected chi connectivity index (χ1v) is 7.65. The maximum atomic E-state index is 8.85. The summed E-state index contributed by atoms with van der Waals surface area (Å²) in [5, 5.41) is 28.8. The molecule has 8 heteroatoms. The molecule has 0 aliphatic rings. The van der Waals surface area contributed by atoms with Gasteiger partial charge in [0.2, 0.25) is 5.71 Å². The molecule has 0 unspecified atom stereocenters. The van der Waals surface area contributed by atoms with Crippen LogP contribution in [0.5, 0.6) is 0 Å². The number of nitrogens with zero attached hydrogens (tertiary/aromatic N) is 5. The number of hydrogen-bond donors (Lipinski definition) is 3. The Bertz CT molecular complexity index is 992. The van der Waals surface area contributed by atoms with E-state index in [1.807, 2.05) is 12.1 Å². The number of amidine groups is 1. The Balaban J connectivity index is 1.88. The van der Waals surface area contributed by atoms with E-state index in [1.165, 1.54) is 5.56 Å². The highest BCUT2D eigenvalue weighted by molar-refractivity contribution is 6.45. The number of aryl methyl sites for hydroxylation is 1. The second-order valence-corrected chi connectivity index (χ2v) is 5.31. The highest BCUT2D eigenvalue weighted by Crippen LogP contribution is 2.18. The summed E-state index contributed by atoms with van der Waals surface area (Å²) in [7, 11) is 0. The van der Waals surface area contributed by atoms with Gasteiger partial charge in [-0.2, -0.15) is 15.2 Å². The van der Waals surface area contributed by atoms with E-state index in [0.717, 1.165) is 17.6 Å². The standard InChI is InChI=1S/C17H16N8/c1-2-11-3-6-13(7-4-11)25-23-14-8-5-12(9-15(14)24-25)21-22-16(10-18)17(19)20/h3-9,21H,2H2,1H3,(H3,19,20)/b22-16+. The van der Waals surface area contributed by atoms with Crippen molar-refractivity contribution in [1.82, 2.24) is 15.0 Å². The van der Waals surface area contributed by atoms with Crippen molar-refractivity contribution >= 4 is 28.3 Å². The average Bonchev–Trinajstić information content (AvgIpc) is 3.05. The zero-order valence-electron chi connectivity index (χ0n) is 13.6. The average molecular weight is 332 g/mol. The lowest BCUT2D eigenvalue weighted by molar-refractivity contribution is 0.765. The van der Waals surface area contributed by atoms with E-state index in [1.54, 1.807) is 29.1 Å². The van der Waals surface area contributed by atoms with Gasteiger partial charge in [-0.15, -0.1) is 10.2 Å². The summed E-state index contributed by atoms with van der Waals surface area (Å²) in [5.41, 5.74) is 11.9. The fourth-order valence-electron chi connectivity index (χ4n) is 2.23. The van der Waals surface area contributed by atoms with Gasteiger partial charge in [-0.25, -0.2) is 0 Å². The first-order valence-electron chi connectivity index (χ1n) is 7.65. The van der Waals surface area contributed by atoms with Gasteiger partial charge < -0.3 is 5.73 Å². The highest BCUT2D eigenvalue weighted by Gasteiger charge is 2.06. The molecule has 3 aromatic rings. The van der Waals surface area contributed by atoms with Crippen LogP contribution in [0, 0.1) is 16.7 Å². The Labute approximate surface area is 144 Å². The molecule has 124 valence electrons. The zero-order valence-corrected chi connectivity index (χ0v) is 13.6. The third-order valence-electron chi connectivity index (χ3n) is 3.61. The molecule has 0 atom stereocenters. The van der Waals surface area contributed by atoms with E-state index in [-0.39, 0.29) is 5.71 Å². The van der Waals surface area contributed by atoms with Gasteiger partial charge in [0.05, 0.1) is 11.4 Å². The molecule has 0 saturated carbocycles. The number of nitrogens with two attached hydrogens (primary N) is 1. The minimum absolute atomic E-state index is 0.181. The van der Waals surface area contributed by atoms with E-state index < -0.39 is 5.84 Å². The lowest BCUT2D eigenvalue weighted by Gasteiger charge is -2.00. The number of aromatic nitrogens is 3. The molecule has 0 fully saturated rings. The van der Waals surface area contributed by atoms with Crippen molar-refractivity contribution < 1.29 is 0 Å². The van der Waals surface area contributed by atoms with Crippen LogP contribution in [0.3, 0.4) is 0 Å². The minimum atomic E-state index is -0.391. The van der Waals surface area contributed by atoms with Crippen LogP contribution in [0.2, 0.25) is 0 Å². The maximum absolute atomic E-state index is 8.85. The van der Waals surface area contributed by atoms with Crippen LogP contribution in [0.15, 0.2) is 47.6 Å². The van der Waals surface area contributed by atoms with E-state index in [9.17, 15) is 0 Å². The van der Waals surface area contributed by atoms with Crippen LogP contribution >= 0.6 is 0 Å².